The number of rotatable bonds is 6. The summed E-state index contributed by atoms with van der Waals surface area (Å²) in [7, 11) is 6.95. The summed E-state index contributed by atoms with van der Waals surface area (Å²) < 4.78 is 27.7. The van der Waals surface area contributed by atoms with Crippen LogP contribution >= 0.6 is 0 Å². The van der Waals surface area contributed by atoms with E-state index in [1.807, 2.05) is 18.2 Å². The number of nitrogens with one attached hydrogen (secondary N) is 1. The third kappa shape index (κ3) is 3.45. The van der Waals surface area contributed by atoms with Crippen LogP contribution in [0.2, 0.25) is 0 Å². The summed E-state index contributed by atoms with van der Waals surface area (Å²) in [6, 6.07) is 5.45. The van der Waals surface area contributed by atoms with Gasteiger partial charge in [-0.25, -0.2) is 0 Å². The van der Waals surface area contributed by atoms with Gasteiger partial charge in [-0.3, -0.25) is 4.79 Å². The molecule has 0 bridgehead atoms. The number of allylic oxidation sites excluding steroid dienone is 1. The van der Waals surface area contributed by atoms with Crippen molar-refractivity contribution in [1.82, 2.24) is 0 Å². The van der Waals surface area contributed by atoms with Crippen molar-refractivity contribution in [2.24, 2.45) is 0 Å². The molecule has 30 heavy (non-hydrogen) atoms. The van der Waals surface area contributed by atoms with Gasteiger partial charge >= 0.3 is 0 Å². The zero-order valence-corrected chi connectivity index (χ0v) is 17.7. The largest absolute Gasteiger partial charge is 0.497 e. The van der Waals surface area contributed by atoms with Crippen LogP contribution in [-0.4, -0.2) is 47.5 Å². The first-order chi connectivity index (χ1) is 14.6. The number of fused-ring (bicyclic) bond motifs is 2. The molecular formula is C23H26NO6+. The number of benzene rings is 2. The Morgan fingerprint density at radius 3 is 2.60 bits per heavy atom. The monoisotopic (exact) mass is 412 g/mol. The van der Waals surface area contributed by atoms with Crippen molar-refractivity contribution < 1.29 is 33.4 Å². The van der Waals surface area contributed by atoms with Crippen LogP contribution in [0.25, 0.3) is 6.08 Å². The molecule has 0 saturated carbocycles. The van der Waals surface area contributed by atoms with Gasteiger partial charge in [0.25, 0.3) is 0 Å². The van der Waals surface area contributed by atoms with Gasteiger partial charge in [0.2, 0.25) is 12.5 Å². The first kappa shape index (κ1) is 20.1. The summed E-state index contributed by atoms with van der Waals surface area (Å²) in [6.07, 6.45) is 4.06. The average molecular weight is 412 g/mol. The van der Waals surface area contributed by atoms with Gasteiger partial charge in [-0.15, -0.1) is 0 Å². The predicted octanol–water partition coefficient (Wildman–Crippen LogP) is 1.91. The highest BCUT2D eigenvalue weighted by Gasteiger charge is 2.35. The third-order valence-corrected chi connectivity index (χ3v) is 5.57. The number of carbonyl (C=O) groups is 1. The first-order valence-electron chi connectivity index (χ1n) is 9.84. The quantitative estimate of drug-likeness (QED) is 0.578. The van der Waals surface area contributed by atoms with Crippen molar-refractivity contribution in [3.8, 4) is 28.7 Å². The molecule has 7 heteroatoms. The molecule has 4 rings (SSSR count). The van der Waals surface area contributed by atoms with E-state index in [0.29, 0.717) is 34.3 Å². The van der Waals surface area contributed by atoms with Gasteiger partial charge in [-0.05, 0) is 35.9 Å². The van der Waals surface area contributed by atoms with Gasteiger partial charge < -0.3 is 28.6 Å². The van der Waals surface area contributed by atoms with Crippen molar-refractivity contribution in [3.63, 3.8) is 0 Å². The Morgan fingerprint density at radius 1 is 1.07 bits per heavy atom. The highest BCUT2D eigenvalue weighted by atomic mass is 16.7. The predicted molar refractivity (Wildman–Crippen MR) is 111 cm³/mol. The molecule has 7 nitrogen and oxygen atoms in total. The van der Waals surface area contributed by atoms with E-state index >= 15 is 0 Å². The van der Waals surface area contributed by atoms with Gasteiger partial charge in [0.05, 0.1) is 46.0 Å². The molecule has 0 spiro atoms. The van der Waals surface area contributed by atoms with Crippen molar-refractivity contribution in [1.29, 1.82) is 0 Å². The molecule has 0 aliphatic carbocycles. The van der Waals surface area contributed by atoms with Crippen molar-refractivity contribution in [2.75, 3.05) is 41.7 Å². The highest BCUT2D eigenvalue weighted by Crippen LogP contribution is 2.48. The number of likely N-dealkylation sites (N-methyl/N-ethyl adjacent to an activating group) is 1. The van der Waals surface area contributed by atoms with E-state index in [4.69, 9.17) is 23.7 Å². The minimum Gasteiger partial charge on any atom is -0.497 e. The summed E-state index contributed by atoms with van der Waals surface area (Å²) in [5, 5.41) is 0. The van der Waals surface area contributed by atoms with Crippen LogP contribution < -0.4 is 28.6 Å². The topological polar surface area (TPSA) is 67.7 Å². The molecule has 0 fully saturated rings. The second-order valence-corrected chi connectivity index (χ2v) is 7.37. The smallest absolute Gasteiger partial charge is 0.231 e. The van der Waals surface area contributed by atoms with Crippen LogP contribution in [0.15, 0.2) is 24.3 Å². The Balaban J connectivity index is 1.78. The fourth-order valence-electron chi connectivity index (χ4n) is 4.08. The Morgan fingerprint density at radius 2 is 1.87 bits per heavy atom. The van der Waals surface area contributed by atoms with Gasteiger partial charge in [0.15, 0.2) is 17.3 Å². The molecule has 1 N–H and O–H groups in total. The van der Waals surface area contributed by atoms with E-state index in [2.05, 4.69) is 7.05 Å². The summed E-state index contributed by atoms with van der Waals surface area (Å²) in [5.41, 5.74) is 3.31. The molecule has 1 unspecified atom stereocenters. The lowest BCUT2D eigenvalue weighted by atomic mass is 9.90. The van der Waals surface area contributed by atoms with Gasteiger partial charge in [0, 0.05) is 12.0 Å². The summed E-state index contributed by atoms with van der Waals surface area (Å²) >= 11 is 0. The fraction of sp³-hybridized carbons (Fsp3) is 0.348. The molecule has 2 heterocycles. The maximum atomic E-state index is 13.3. The molecule has 1 atom stereocenters. The fourth-order valence-corrected chi connectivity index (χ4v) is 4.08. The Hall–Kier alpha value is -3.19. The average Bonchev–Trinajstić information content (AvgIpc) is 3.24. The van der Waals surface area contributed by atoms with Crippen LogP contribution in [0.1, 0.15) is 27.0 Å². The lowest BCUT2D eigenvalue weighted by Crippen LogP contribution is -3.08. The molecule has 0 aromatic heterocycles. The minimum absolute atomic E-state index is 0.0744. The highest BCUT2D eigenvalue weighted by molar-refractivity contribution is 6.11. The van der Waals surface area contributed by atoms with Gasteiger partial charge in [-0.2, -0.15) is 0 Å². The van der Waals surface area contributed by atoms with E-state index in [1.165, 1.54) is 4.90 Å². The van der Waals surface area contributed by atoms with Crippen molar-refractivity contribution in [3.05, 3.63) is 46.5 Å². The zero-order valence-electron chi connectivity index (χ0n) is 17.7. The normalized spacial score (nSPS) is 17.0. The van der Waals surface area contributed by atoms with E-state index in [1.54, 1.807) is 33.5 Å². The number of ketones is 1. The molecule has 2 aliphatic heterocycles. The van der Waals surface area contributed by atoms with E-state index in [9.17, 15) is 4.79 Å². The molecule has 2 aliphatic rings. The first-order valence-corrected chi connectivity index (χ1v) is 9.84. The van der Waals surface area contributed by atoms with Crippen LogP contribution in [0.5, 0.6) is 28.7 Å². The number of quaternary nitrogens is 1. The maximum absolute atomic E-state index is 13.3. The molecule has 2 aromatic carbocycles. The summed E-state index contributed by atoms with van der Waals surface area (Å²) in [6.45, 7) is 1.78. The van der Waals surface area contributed by atoms with Crippen molar-refractivity contribution in [2.45, 2.75) is 13.0 Å². The van der Waals surface area contributed by atoms with Crippen LogP contribution in [0, 0.1) is 0 Å². The molecule has 158 valence electrons. The Kier molecular flexibility index (Phi) is 5.55. The summed E-state index contributed by atoms with van der Waals surface area (Å²) in [5.74, 6) is 2.87. The second-order valence-electron chi connectivity index (χ2n) is 7.37. The second kappa shape index (κ2) is 8.28. The van der Waals surface area contributed by atoms with Crippen LogP contribution in [0.3, 0.4) is 0 Å². The van der Waals surface area contributed by atoms with Crippen molar-refractivity contribution >= 4 is 11.9 Å². The number of hydrogen-bond donors (Lipinski definition) is 1. The molecule has 0 radical (unpaired) electrons. The SMILES string of the molecule is COc1ccc(OC)c(/C=C/C(=O)c2c3c(c(OC)c4c2OCO4)C[NH+](C)CC3)c1. The van der Waals surface area contributed by atoms with Gasteiger partial charge in [-0.1, -0.05) is 0 Å². The molecule has 2 aromatic rings. The number of hydrogen-bond acceptors (Lipinski definition) is 6. The molecular weight excluding hydrogens is 386 g/mol. The Bertz CT molecular complexity index is 1010. The number of ether oxygens (including phenoxy) is 5. The van der Waals surface area contributed by atoms with E-state index in [0.717, 1.165) is 36.2 Å². The summed E-state index contributed by atoms with van der Waals surface area (Å²) in [4.78, 5) is 14.7. The lowest BCUT2D eigenvalue weighted by Gasteiger charge is -2.26. The van der Waals surface area contributed by atoms with E-state index < -0.39 is 0 Å². The molecule has 0 saturated heterocycles. The van der Waals surface area contributed by atoms with Crippen LogP contribution in [0.4, 0.5) is 0 Å². The van der Waals surface area contributed by atoms with Crippen LogP contribution in [-0.2, 0) is 13.0 Å². The van der Waals surface area contributed by atoms with E-state index in [-0.39, 0.29) is 12.6 Å². The molecule has 0 amide bonds. The standard InChI is InChI=1S/C23H25NO6/c1-24-10-9-16-17(12-24)21(28-4)23-22(29-13-30-23)20(16)18(25)7-5-14-11-15(26-2)6-8-19(14)27-3/h5-8,11H,9-10,12-13H2,1-4H3/p+1/b7-5+. The Labute approximate surface area is 175 Å². The lowest BCUT2D eigenvalue weighted by molar-refractivity contribution is -0.895. The van der Waals surface area contributed by atoms with Gasteiger partial charge in [0.1, 0.15) is 18.0 Å². The number of carbonyl (C=O) groups excluding carboxylic acids is 1. The zero-order chi connectivity index (χ0) is 21.3. The third-order valence-electron chi connectivity index (χ3n) is 5.57. The maximum Gasteiger partial charge on any atom is 0.231 e. The number of methoxy groups -OCH3 is 3. The minimum atomic E-state index is -0.139.